The first kappa shape index (κ1) is 20.7. The number of hydrogen-bond acceptors (Lipinski definition) is 8. The summed E-state index contributed by atoms with van der Waals surface area (Å²) in [5, 5.41) is 7.64. The molecule has 0 spiro atoms. The predicted molar refractivity (Wildman–Crippen MR) is 112 cm³/mol. The summed E-state index contributed by atoms with van der Waals surface area (Å²) in [4.78, 5) is 7.95. The first-order valence-corrected chi connectivity index (χ1v) is 7.79. The lowest BCUT2D eigenvalue weighted by molar-refractivity contribution is 1.04. The first-order chi connectivity index (χ1) is 12.4. The van der Waals surface area contributed by atoms with Crippen molar-refractivity contribution in [2.24, 2.45) is 21.7 Å². The van der Waals surface area contributed by atoms with Gasteiger partial charge in [-0.1, -0.05) is 0 Å². The van der Waals surface area contributed by atoms with E-state index in [2.05, 4.69) is 55.5 Å². The van der Waals surface area contributed by atoms with Gasteiger partial charge in [-0.15, -0.1) is 0 Å². The van der Waals surface area contributed by atoms with Gasteiger partial charge in [-0.25, -0.2) is 0 Å². The fourth-order valence-corrected chi connectivity index (χ4v) is 1.50. The van der Waals surface area contributed by atoms with Crippen LogP contribution < -0.4 is 33.8 Å². The van der Waals surface area contributed by atoms with Crippen molar-refractivity contribution < 1.29 is 0 Å². The number of nitrogens with zero attached hydrogens (tertiary/aromatic N) is 4. The molecule has 10 N–H and O–H groups in total. The summed E-state index contributed by atoms with van der Waals surface area (Å²) in [7, 11) is 0. The topological polar surface area (TPSA) is 179 Å². The number of hydrogen-bond donors (Lipinski definition) is 6. The van der Waals surface area contributed by atoms with Gasteiger partial charge in [0.2, 0.25) is 0 Å². The molecule has 0 radical (unpaired) electrons. The van der Waals surface area contributed by atoms with Gasteiger partial charge in [-0.05, 0) is 48.7 Å². The number of thiocarbonyl (C=S) groups is 2. The molecule has 0 aliphatic rings. The van der Waals surface area contributed by atoms with Crippen LogP contribution in [0.5, 0.6) is 0 Å². The summed E-state index contributed by atoms with van der Waals surface area (Å²) in [5.41, 5.74) is 28.5. The Balaban J connectivity index is 0.000000260. The van der Waals surface area contributed by atoms with E-state index in [-0.39, 0.29) is 10.2 Å². The van der Waals surface area contributed by atoms with E-state index in [4.69, 9.17) is 22.9 Å². The van der Waals surface area contributed by atoms with Crippen LogP contribution in [0.4, 0.5) is 11.4 Å². The normalized spacial score (nSPS) is 10.2. The van der Waals surface area contributed by atoms with Crippen LogP contribution in [0.25, 0.3) is 0 Å². The Morgan fingerprint density at radius 1 is 0.846 bits per heavy atom. The molecule has 0 fully saturated rings. The second-order valence-electron chi connectivity index (χ2n) is 4.42. The third kappa shape index (κ3) is 8.47. The van der Waals surface area contributed by atoms with E-state index in [0.29, 0.717) is 22.8 Å². The molecule has 0 atom stereocenters. The zero-order valence-corrected chi connectivity index (χ0v) is 15.2. The summed E-state index contributed by atoms with van der Waals surface area (Å²) in [6, 6.07) is 6.95. The number of anilines is 2. The lowest BCUT2D eigenvalue weighted by Gasteiger charge is -1.97. The Morgan fingerprint density at radius 3 is 1.54 bits per heavy atom. The molecule has 0 unspecified atom stereocenters. The number of nitrogens with two attached hydrogens (primary N) is 4. The maximum absolute atomic E-state index is 5.59. The summed E-state index contributed by atoms with van der Waals surface area (Å²) >= 11 is 9.09. The van der Waals surface area contributed by atoms with Crippen molar-refractivity contribution in [2.45, 2.75) is 0 Å². The quantitative estimate of drug-likeness (QED) is 0.230. The van der Waals surface area contributed by atoms with Crippen LogP contribution in [0.3, 0.4) is 0 Å². The van der Waals surface area contributed by atoms with Gasteiger partial charge >= 0.3 is 0 Å². The lowest BCUT2D eigenvalue weighted by Crippen LogP contribution is -2.24. The highest BCUT2D eigenvalue weighted by Gasteiger charge is 1.94. The molecule has 0 aliphatic carbocycles. The second kappa shape index (κ2) is 11.2. The van der Waals surface area contributed by atoms with Crippen LogP contribution in [0.15, 0.2) is 46.9 Å². The van der Waals surface area contributed by atoms with Gasteiger partial charge in [-0.3, -0.25) is 20.8 Å². The first-order valence-electron chi connectivity index (χ1n) is 6.98. The maximum Gasteiger partial charge on any atom is 0.184 e. The summed E-state index contributed by atoms with van der Waals surface area (Å²) in [5.74, 6) is 0. The van der Waals surface area contributed by atoms with E-state index in [1.54, 1.807) is 36.7 Å². The average Bonchev–Trinajstić information content (AvgIpc) is 2.58. The minimum atomic E-state index is 0.103. The molecule has 0 saturated heterocycles. The Bertz CT molecular complexity index is 738. The van der Waals surface area contributed by atoms with E-state index in [1.165, 1.54) is 12.4 Å². The molecule has 0 aromatic carbocycles. The second-order valence-corrected chi connectivity index (χ2v) is 5.30. The predicted octanol–water partition coefficient (Wildman–Crippen LogP) is -0.338. The molecule has 136 valence electrons. The monoisotopic (exact) mass is 390 g/mol. The molecule has 0 bridgehead atoms. The van der Waals surface area contributed by atoms with Crippen LogP contribution in [-0.2, 0) is 0 Å². The highest BCUT2D eigenvalue weighted by Crippen LogP contribution is 2.03. The van der Waals surface area contributed by atoms with Crippen molar-refractivity contribution in [3.8, 4) is 0 Å². The molecule has 26 heavy (non-hydrogen) atoms. The zero-order chi connectivity index (χ0) is 19.4. The minimum absolute atomic E-state index is 0.103. The highest BCUT2D eigenvalue weighted by atomic mass is 32.1. The van der Waals surface area contributed by atoms with E-state index in [9.17, 15) is 0 Å². The van der Waals surface area contributed by atoms with Crippen molar-refractivity contribution in [1.29, 1.82) is 0 Å². The summed E-state index contributed by atoms with van der Waals surface area (Å²) in [6.07, 6.45) is 6.15. The smallest absolute Gasteiger partial charge is 0.184 e. The van der Waals surface area contributed by atoms with Gasteiger partial charge in [0.05, 0.1) is 23.8 Å². The molecule has 2 heterocycles. The van der Waals surface area contributed by atoms with E-state index < -0.39 is 0 Å². The van der Waals surface area contributed by atoms with Crippen molar-refractivity contribution in [3.05, 3.63) is 48.0 Å². The lowest BCUT2D eigenvalue weighted by atomic mass is 10.3. The number of nitrogens with one attached hydrogen (secondary N) is 2. The standard InChI is InChI=1S/2C7H9N5S/c2*8-5-2-1-3-10-6(5)4-11-12-7(9)13/h2*1-4H,8H2,(H3,9,12,13)/b2*11-4+. The van der Waals surface area contributed by atoms with Crippen molar-refractivity contribution >= 4 is 58.5 Å². The number of hydrazone groups is 2. The molecule has 2 aromatic rings. The van der Waals surface area contributed by atoms with Crippen LogP contribution >= 0.6 is 24.4 Å². The van der Waals surface area contributed by atoms with Crippen LogP contribution in [-0.4, -0.2) is 32.6 Å². The zero-order valence-electron chi connectivity index (χ0n) is 13.5. The summed E-state index contributed by atoms with van der Waals surface area (Å²) < 4.78 is 0. The molecule has 10 nitrogen and oxygen atoms in total. The van der Waals surface area contributed by atoms with Gasteiger partial charge in [0, 0.05) is 12.4 Å². The highest BCUT2D eigenvalue weighted by molar-refractivity contribution is 7.80. The van der Waals surface area contributed by atoms with Crippen molar-refractivity contribution in [2.75, 3.05) is 11.5 Å². The van der Waals surface area contributed by atoms with E-state index in [1.807, 2.05) is 0 Å². The SMILES string of the molecule is NC(=S)N/N=C/c1ncccc1N.NC(=S)N/N=C/c1ncccc1N. The molecule has 0 saturated carbocycles. The third-order valence-corrected chi connectivity index (χ3v) is 2.65. The van der Waals surface area contributed by atoms with Crippen molar-refractivity contribution in [1.82, 2.24) is 20.8 Å². The maximum atomic E-state index is 5.59. The molecule has 2 rings (SSSR count). The molecular formula is C14H18N10S2. The van der Waals surface area contributed by atoms with Gasteiger partial charge in [0.25, 0.3) is 0 Å². The molecule has 12 heteroatoms. The number of rotatable bonds is 4. The fourth-order valence-electron chi connectivity index (χ4n) is 1.39. The molecular weight excluding hydrogens is 372 g/mol. The third-order valence-electron chi connectivity index (χ3n) is 2.47. The minimum Gasteiger partial charge on any atom is -0.397 e. The van der Waals surface area contributed by atoms with Crippen LogP contribution in [0, 0.1) is 0 Å². The number of aromatic nitrogens is 2. The Labute approximate surface area is 160 Å². The van der Waals surface area contributed by atoms with E-state index in [0.717, 1.165) is 0 Å². The molecule has 2 aromatic heterocycles. The Hall–Kier alpha value is -3.38. The Morgan fingerprint density at radius 2 is 1.23 bits per heavy atom. The van der Waals surface area contributed by atoms with Gasteiger partial charge in [0.1, 0.15) is 11.4 Å². The van der Waals surface area contributed by atoms with E-state index >= 15 is 0 Å². The molecule has 0 aliphatic heterocycles. The number of pyridine rings is 2. The largest absolute Gasteiger partial charge is 0.397 e. The number of nitrogen functional groups attached to an aromatic ring is 2. The van der Waals surface area contributed by atoms with Crippen LogP contribution in [0.1, 0.15) is 11.4 Å². The van der Waals surface area contributed by atoms with Gasteiger partial charge in [-0.2, -0.15) is 10.2 Å². The molecule has 0 amide bonds. The average molecular weight is 391 g/mol. The van der Waals surface area contributed by atoms with Gasteiger partial charge in [0.15, 0.2) is 10.2 Å². The van der Waals surface area contributed by atoms with Crippen molar-refractivity contribution in [3.63, 3.8) is 0 Å². The van der Waals surface area contributed by atoms with Gasteiger partial charge < -0.3 is 22.9 Å². The fraction of sp³-hybridized carbons (Fsp3) is 0. The summed E-state index contributed by atoms with van der Waals surface area (Å²) in [6.45, 7) is 0. The van der Waals surface area contributed by atoms with Crippen LogP contribution in [0.2, 0.25) is 0 Å². The Kier molecular flexibility index (Phi) is 8.92.